The van der Waals surface area contributed by atoms with Crippen LogP contribution in [0.25, 0.3) is 0 Å². The number of nitrogens with one attached hydrogen (secondary N) is 1. The van der Waals surface area contributed by atoms with Gasteiger partial charge in [0.15, 0.2) is 0 Å². The van der Waals surface area contributed by atoms with Crippen molar-refractivity contribution in [3.8, 4) is 0 Å². The Bertz CT molecular complexity index is 176. The molecule has 0 amide bonds. The molecule has 1 nitrogen and oxygen atoms in total. The first kappa shape index (κ1) is 14.0. The Labute approximate surface area is 102 Å². The first-order chi connectivity index (χ1) is 7.63. The fraction of sp³-hybridized carbons (Fsp3) is 1.00. The van der Waals surface area contributed by atoms with Crippen molar-refractivity contribution in [3.63, 3.8) is 0 Å². The first-order valence-corrected chi connectivity index (χ1v) is 7.30. The lowest BCUT2D eigenvalue weighted by atomic mass is 9.77. The van der Waals surface area contributed by atoms with E-state index in [0.717, 1.165) is 23.8 Å². The predicted octanol–water partition coefficient (Wildman–Crippen LogP) is 4.23. The molecule has 1 saturated carbocycles. The highest BCUT2D eigenvalue weighted by Crippen LogP contribution is 2.32. The van der Waals surface area contributed by atoms with Crippen molar-refractivity contribution in [1.82, 2.24) is 5.32 Å². The van der Waals surface area contributed by atoms with Gasteiger partial charge in [-0.15, -0.1) is 0 Å². The number of hydrogen-bond donors (Lipinski definition) is 1. The van der Waals surface area contributed by atoms with E-state index in [4.69, 9.17) is 0 Å². The highest BCUT2D eigenvalue weighted by Gasteiger charge is 2.25. The van der Waals surface area contributed by atoms with E-state index in [1.54, 1.807) is 0 Å². The molecule has 0 heterocycles. The van der Waals surface area contributed by atoms with E-state index < -0.39 is 0 Å². The summed E-state index contributed by atoms with van der Waals surface area (Å²) in [5.41, 5.74) is 0. The lowest BCUT2D eigenvalue weighted by Gasteiger charge is -2.33. The number of hydrogen-bond acceptors (Lipinski definition) is 1. The molecule has 0 aliphatic heterocycles. The van der Waals surface area contributed by atoms with Crippen LogP contribution in [0.3, 0.4) is 0 Å². The minimum atomic E-state index is 0.779. The maximum absolute atomic E-state index is 3.57. The van der Waals surface area contributed by atoms with E-state index in [0.29, 0.717) is 0 Å². The van der Waals surface area contributed by atoms with Crippen molar-refractivity contribution in [1.29, 1.82) is 0 Å². The fourth-order valence-corrected chi connectivity index (χ4v) is 3.21. The highest BCUT2D eigenvalue weighted by molar-refractivity contribution is 4.80. The molecule has 0 saturated heterocycles. The maximum Gasteiger partial charge on any atom is 0.00924 e. The van der Waals surface area contributed by atoms with Crippen molar-refractivity contribution in [2.24, 2.45) is 17.8 Å². The first-order valence-electron chi connectivity index (χ1n) is 7.30. The standard InChI is InChI=1S/C15H31N/c1-12(2)7-5-10-15(16-4)14-9-6-8-13(3)11-14/h12-16H,5-11H2,1-4H3. The SMILES string of the molecule is CNC(CCCC(C)C)C1CCCC(C)C1. The lowest BCUT2D eigenvalue weighted by molar-refractivity contribution is 0.217. The third kappa shape index (κ3) is 4.86. The van der Waals surface area contributed by atoms with Crippen molar-refractivity contribution in [3.05, 3.63) is 0 Å². The van der Waals surface area contributed by atoms with Crippen LogP contribution in [0.4, 0.5) is 0 Å². The minimum Gasteiger partial charge on any atom is -0.317 e. The van der Waals surface area contributed by atoms with Gasteiger partial charge in [0.1, 0.15) is 0 Å². The molecule has 0 aromatic heterocycles. The molecule has 0 radical (unpaired) electrons. The van der Waals surface area contributed by atoms with Crippen LogP contribution >= 0.6 is 0 Å². The van der Waals surface area contributed by atoms with Crippen molar-refractivity contribution in [2.45, 2.75) is 71.8 Å². The summed E-state index contributed by atoms with van der Waals surface area (Å²) in [6.45, 7) is 7.08. The van der Waals surface area contributed by atoms with Gasteiger partial charge in [0.05, 0.1) is 0 Å². The van der Waals surface area contributed by atoms with E-state index in [9.17, 15) is 0 Å². The normalized spacial score (nSPS) is 28.3. The van der Waals surface area contributed by atoms with Gasteiger partial charge in [0.2, 0.25) is 0 Å². The summed E-state index contributed by atoms with van der Waals surface area (Å²) in [6.07, 6.45) is 9.98. The van der Waals surface area contributed by atoms with Crippen LogP contribution in [-0.2, 0) is 0 Å². The largest absolute Gasteiger partial charge is 0.317 e. The third-order valence-corrected chi connectivity index (χ3v) is 4.21. The smallest absolute Gasteiger partial charge is 0.00924 e. The molecule has 16 heavy (non-hydrogen) atoms. The molecule has 3 unspecified atom stereocenters. The van der Waals surface area contributed by atoms with Gasteiger partial charge in [-0.3, -0.25) is 0 Å². The second kappa shape index (κ2) is 7.32. The molecule has 0 spiro atoms. The Morgan fingerprint density at radius 2 is 1.94 bits per heavy atom. The summed E-state index contributed by atoms with van der Waals surface area (Å²) in [5.74, 6) is 2.77. The molecule has 0 aromatic carbocycles. The van der Waals surface area contributed by atoms with E-state index in [1.165, 1.54) is 44.9 Å². The van der Waals surface area contributed by atoms with Gasteiger partial charge in [-0.1, -0.05) is 46.5 Å². The van der Waals surface area contributed by atoms with Gasteiger partial charge in [-0.2, -0.15) is 0 Å². The van der Waals surface area contributed by atoms with Gasteiger partial charge >= 0.3 is 0 Å². The van der Waals surface area contributed by atoms with Gasteiger partial charge in [-0.05, 0) is 44.1 Å². The zero-order valence-corrected chi connectivity index (χ0v) is 11.8. The second-order valence-electron chi connectivity index (χ2n) is 6.25. The van der Waals surface area contributed by atoms with Gasteiger partial charge < -0.3 is 5.32 Å². The molecule has 1 heteroatoms. The van der Waals surface area contributed by atoms with Crippen molar-refractivity contribution >= 4 is 0 Å². The van der Waals surface area contributed by atoms with E-state index in [-0.39, 0.29) is 0 Å². The van der Waals surface area contributed by atoms with Crippen LogP contribution in [0.2, 0.25) is 0 Å². The highest BCUT2D eigenvalue weighted by atomic mass is 14.9. The topological polar surface area (TPSA) is 12.0 Å². The Hall–Kier alpha value is -0.0400. The molecule has 1 rings (SSSR count). The summed E-state index contributed by atoms with van der Waals surface area (Å²) < 4.78 is 0. The van der Waals surface area contributed by atoms with Gasteiger partial charge in [-0.25, -0.2) is 0 Å². The molecule has 0 aromatic rings. The van der Waals surface area contributed by atoms with Crippen molar-refractivity contribution < 1.29 is 0 Å². The monoisotopic (exact) mass is 225 g/mol. The minimum absolute atomic E-state index is 0.779. The summed E-state index contributed by atoms with van der Waals surface area (Å²) >= 11 is 0. The average Bonchev–Trinajstić information content (AvgIpc) is 2.24. The Balaban J connectivity index is 2.28. The van der Waals surface area contributed by atoms with Crippen LogP contribution in [0.1, 0.15) is 65.7 Å². The average molecular weight is 225 g/mol. The molecular formula is C15H31N. The van der Waals surface area contributed by atoms with Crippen LogP contribution in [0, 0.1) is 17.8 Å². The van der Waals surface area contributed by atoms with Crippen LogP contribution in [0.5, 0.6) is 0 Å². The molecule has 0 bridgehead atoms. The Kier molecular flexibility index (Phi) is 6.41. The predicted molar refractivity (Wildman–Crippen MR) is 72.7 cm³/mol. The van der Waals surface area contributed by atoms with Crippen molar-refractivity contribution in [2.75, 3.05) is 7.05 Å². The Morgan fingerprint density at radius 3 is 2.50 bits per heavy atom. The Morgan fingerprint density at radius 1 is 1.19 bits per heavy atom. The quantitative estimate of drug-likeness (QED) is 0.713. The van der Waals surface area contributed by atoms with Crippen LogP contribution in [0.15, 0.2) is 0 Å². The molecule has 1 aliphatic carbocycles. The molecule has 1 fully saturated rings. The lowest BCUT2D eigenvalue weighted by Crippen LogP contribution is -2.36. The molecule has 1 aliphatic rings. The zero-order valence-electron chi connectivity index (χ0n) is 11.8. The van der Waals surface area contributed by atoms with Gasteiger partial charge in [0.25, 0.3) is 0 Å². The fourth-order valence-electron chi connectivity index (χ4n) is 3.21. The van der Waals surface area contributed by atoms with E-state index >= 15 is 0 Å². The summed E-state index contributed by atoms with van der Waals surface area (Å²) in [5, 5.41) is 3.57. The summed E-state index contributed by atoms with van der Waals surface area (Å²) in [6, 6.07) is 0.779. The summed E-state index contributed by atoms with van der Waals surface area (Å²) in [7, 11) is 2.15. The molecular weight excluding hydrogens is 194 g/mol. The zero-order chi connectivity index (χ0) is 12.0. The molecule has 1 N–H and O–H groups in total. The molecule has 96 valence electrons. The third-order valence-electron chi connectivity index (χ3n) is 4.21. The van der Waals surface area contributed by atoms with E-state index in [1.807, 2.05) is 0 Å². The van der Waals surface area contributed by atoms with Gasteiger partial charge in [0, 0.05) is 6.04 Å². The number of rotatable bonds is 6. The van der Waals surface area contributed by atoms with E-state index in [2.05, 4.69) is 33.1 Å². The second-order valence-corrected chi connectivity index (χ2v) is 6.25. The maximum atomic E-state index is 3.57. The summed E-state index contributed by atoms with van der Waals surface area (Å²) in [4.78, 5) is 0. The van der Waals surface area contributed by atoms with Crippen LogP contribution in [-0.4, -0.2) is 13.1 Å². The molecule has 3 atom stereocenters. The van der Waals surface area contributed by atoms with Crippen LogP contribution < -0.4 is 5.32 Å².